The third kappa shape index (κ3) is 9.37. The average molecular weight is 558 g/mol. The number of thiazole rings is 1. The molecule has 0 bridgehead atoms. The summed E-state index contributed by atoms with van der Waals surface area (Å²) in [5.41, 5.74) is -0.839. The molecule has 6 nitrogen and oxygen atoms in total. The highest BCUT2D eigenvalue weighted by Crippen LogP contribution is 2.30. The maximum Gasteiger partial charge on any atom is 0.434 e. The Morgan fingerprint density at radius 1 is 1.23 bits per heavy atom. The quantitative estimate of drug-likeness (QED) is 0.197. The fraction of sp³-hybridized carbons (Fsp3) is 0.474. The monoisotopic (exact) mass is 558 g/mol. The molecule has 0 fully saturated rings. The lowest BCUT2D eigenvalue weighted by atomic mass is 10.3. The van der Waals surface area contributed by atoms with Gasteiger partial charge in [0.25, 0.3) is 0 Å². The van der Waals surface area contributed by atoms with Gasteiger partial charge in [-0.05, 0) is 19.1 Å². The number of nitrogens with zero attached hydrogens (tertiary/aromatic N) is 2. The number of nitrogens with one attached hydrogen (secondary N) is 2. The van der Waals surface area contributed by atoms with E-state index < -0.39 is 11.9 Å². The number of ether oxygens (including phenoxy) is 2. The molecule has 2 N–H and O–H groups in total. The van der Waals surface area contributed by atoms with Crippen molar-refractivity contribution in [1.82, 2.24) is 15.6 Å². The van der Waals surface area contributed by atoms with Crippen LogP contribution in [0.25, 0.3) is 0 Å². The van der Waals surface area contributed by atoms with E-state index >= 15 is 0 Å². The Morgan fingerprint density at radius 3 is 2.67 bits per heavy atom. The van der Waals surface area contributed by atoms with Crippen LogP contribution >= 0.6 is 35.3 Å². The Morgan fingerprint density at radius 2 is 2.00 bits per heavy atom. The number of aliphatic imine (C=N–C) groups is 1. The average Bonchev–Trinajstić information content (AvgIpc) is 3.17. The minimum absolute atomic E-state index is 0. The lowest BCUT2D eigenvalue weighted by molar-refractivity contribution is -0.140. The van der Waals surface area contributed by atoms with Crippen molar-refractivity contribution in [2.75, 3.05) is 33.4 Å². The molecule has 2 aromatic rings. The predicted octanol–water partition coefficient (Wildman–Crippen LogP) is 4.36. The van der Waals surface area contributed by atoms with E-state index in [0.29, 0.717) is 43.6 Å². The van der Waals surface area contributed by atoms with E-state index in [0.717, 1.165) is 34.6 Å². The summed E-state index contributed by atoms with van der Waals surface area (Å²) in [7, 11) is 1.60. The number of benzene rings is 1. The summed E-state index contributed by atoms with van der Waals surface area (Å²) in [6.07, 6.45) is -3.29. The Hall–Kier alpha value is -1.76. The van der Waals surface area contributed by atoms with Gasteiger partial charge < -0.3 is 20.1 Å². The largest absolute Gasteiger partial charge is 0.497 e. The molecule has 0 atom stereocenters. The van der Waals surface area contributed by atoms with E-state index in [2.05, 4.69) is 20.6 Å². The van der Waals surface area contributed by atoms with Crippen molar-refractivity contribution in [3.8, 4) is 11.5 Å². The van der Waals surface area contributed by atoms with E-state index in [9.17, 15) is 13.2 Å². The summed E-state index contributed by atoms with van der Waals surface area (Å²) >= 11 is 1.01. The van der Waals surface area contributed by atoms with Gasteiger partial charge in [0.15, 0.2) is 11.7 Å². The second-order valence-electron chi connectivity index (χ2n) is 5.94. The number of hydrogen-bond donors (Lipinski definition) is 2. The van der Waals surface area contributed by atoms with Gasteiger partial charge >= 0.3 is 6.18 Å². The third-order valence-corrected chi connectivity index (χ3v) is 4.61. The zero-order valence-corrected chi connectivity index (χ0v) is 19.9. The molecule has 11 heteroatoms. The van der Waals surface area contributed by atoms with Gasteiger partial charge in [-0.15, -0.1) is 35.3 Å². The molecule has 1 heterocycles. The van der Waals surface area contributed by atoms with Crippen LogP contribution in [-0.4, -0.2) is 44.3 Å². The molecule has 0 aliphatic heterocycles. The van der Waals surface area contributed by atoms with E-state index in [1.54, 1.807) is 7.11 Å². The summed E-state index contributed by atoms with van der Waals surface area (Å²) in [6, 6.07) is 7.39. The minimum atomic E-state index is -4.40. The first-order valence-electron chi connectivity index (χ1n) is 9.23. The summed E-state index contributed by atoms with van der Waals surface area (Å²) < 4.78 is 48.6. The van der Waals surface area contributed by atoms with Crippen molar-refractivity contribution < 1.29 is 22.6 Å². The fourth-order valence-electron chi connectivity index (χ4n) is 2.32. The zero-order chi connectivity index (χ0) is 21.1. The van der Waals surface area contributed by atoms with Crippen LogP contribution in [-0.2, 0) is 12.6 Å². The van der Waals surface area contributed by atoms with Crippen LogP contribution in [0.15, 0.2) is 34.6 Å². The molecule has 0 amide bonds. The van der Waals surface area contributed by atoms with Crippen molar-refractivity contribution in [2.45, 2.75) is 25.9 Å². The van der Waals surface area contributed by atoms with Gasteiger partial charge in [0.1, 0.15) is 11.5 Å². The lowest BCUT2D eigenvalue weighted by Crippen LogP contribution is -2.38. The van der Waals surface area contributed by atoms with Gasteiger partial charge in [0.2, 0.25) is 0 Å². The third-order valence-electron chi connectivity index (χ3n) is 3.70. The molecule has 0 aliphatic carbocycles. The van der Waals surface area contributed by atoms with Gasteiger partial charge in [-0.25, -0.2) is 4.98 Å². The Labute approximate surface area is 195 Å². The smallest absolute Gasteiger partial charge is 0.434 e. The first kappa shape index (κ1) is 26.3. The molecule has 2 rings (SSSR count). The van der Waals surface area contributed by atoms with E-state index in [-0.39, 0.29) is 24.0 Å². The fourth-order valence-corrected chi connectivity index (χ4v) is 3.13. The van der Waals surface area contributed by atoms with Crippen LogP contribution in [0.2, 0.25) is 0 Å². The molecule has 0 aliphatic rings. The van der Waals surface area contributed by atoms with Crippen molar-refractivity contribution in [1.29, 1.82) is 0 Å². The van der Waals surface area contributed by atoms with Gasteiger partial charge in [-0.1, -0.05) is 6.07 Å². The van der Waals surface area contributed by atoms with Crippen LogP contribution < -0.4 is 20.1 Å². The van der Waals surface area contributed by atoms with Crippen molar-refractivity contribution in [3.63, 3.8) is 0 Å². The molecule has 0 unspecified atom stereocenters. The van der Waals surface area contributed by atoms with Crippen LogP contribution in [0.4, 0.5) is 13.2 Å². The number of rotatable bonds is 10. The number of aromatic nitrogens is 1. The van der Waals surface area contributed by atoms with Crippen molar-refractivity contribution >= 4 is 41.3 Å². The maximum absolute atomic E-state index is 12.6. The molecule has 0 saturated heterocycles. The molecule has 1 aromatic carbocycles. The second kappa shape index (κ2) is 13.5. The highest BCUT2D eigenvalue weighted by atomic mass is 127. The van der Waals surface area contributed by atoms with Crippen LogP contribution in [0.3, 0.4) is 0 Å². The summed E-state index contributed by atoms with van der Waals surface area (Å²) in [6.45, 7) is 4.13. The number of hydrogen-bond acceptors (Lipinski definition) is 5. The molecule has 0 spiro atoms. The molecular formula is C19H26F3IN4O2S. The molecule has 30 heavy (non-hydrogen) atoms. The molecule has 0 saturated carbocycles. The van der Waals surface area contributed by atoms with Gasteiger partial charge in [-0.2, -0.15) is 13.2 Å². The first-order valence-corrected chi connectivity index (χ1v) is 10.1. The van der Waals surface area contributed by atoms with Crippen LogP contribution in [0.5, 0.6) is 11.5 Å². The zero-order valence-electron chi connectivity index (χ0n) is 16.8. The maximum atomic E-state index is 12.6. The van der Waals surface area contributed by atoms with Crippen LogP contribution in [0, 0.1) is 0 Å². The lowest BCUT2D eigenvalue weighted by Gasteiger charge is -2.11. The Balaban J connectivity index is 0.00000450. The van der Waals surface area contributed by atoms with Crippen molar-refractivity contribution in [2.24, 2.45) is 4.99 Å². The van der Waals surface area contributed by atoms with Gasteiger partial charge in [0.05, 0.1) is 18.7 Å². The van der Waals surface area contributed by atoms with E-state index in [1.165, 1.54) is 0 Å². The SMILES string of the molecule is CCNC(=NCCCOc1cccc(OC)c1)NCCc1nc(C(F)(F)F)cs1.I. The summed E-state index contributed by atoms with van der Waals surface area (Å²) in [4.78, 5) is 8.07. The number of alkyl halides is 3. The number of halogens is 4. The van der Waals surface area contributed by atoms with E-state index in [4.69, 9.17) is 9.47 Å². The Kier molecular flexibility index (Phi) is 11.8. The van der Waals surface area contributed by atoms with Crippen molar-refractivity contribution in [3.05, 3.63) is 40.3 Å². The normalized spacial score (nSPS) is 11.6. The predicted molar refractivity (Wildman–Crippen MR) is 123 cm³/mol. The molecule has 1 aromatic heterocycles. The van der Waals surface area contributed by atoms with Gasteiger partial charge in [-0.3, -0.25) is 4.99 Å². The molecule has 0 radical (unpaired) electrons. The minimum Gasteiger partial charge on any atom is -0.497 e. The number of methoxy groups -OCH3 is 1. The van der Waals surface area contributed by atoms with Gasteiger partial charge in [0, 0.05) is 43.9 Å². The Bertz CT molecular complexity index is 787. The number of guanidine groups is 1. The standard InChI is InChI=1S/C19H25F3N4O2S.HI/c1-3-23-18(25-10-8-17-26-16(13-29-17)19(20,21)22)24-9-5-11-28-15-7-4-6-14(12-15)27-2;/h4,6-7,12-13H,3,5,8-11H2,1-2H3,(H2,23,24,25);1H. The highest BCUT2D eigenvalue weighted by molar-refractivity contribution is 14.0. The van der Waals surface area contributed by atoms with Crippen LogP contribution in [0.1, 0.15) is 24.0 Å². The molecule has 168 valence electrons. The molecular weight excluding hydrogens is 532 g/mol. The first-order chi connectivity index (χ1) is 13.9. The summed E-state index contributed by atoms with van der Waals surface area (Å²) in [5, 5.41) is 7.69. The summed E-state index contributed by atoms with van der Waals surface area (Å²) in [5.74, 6) is 2.09. The topological polar surface area (TPSA) is 67.8 Å². The van der Waals surface area contributed by atoms with E-state index in [1.807, 2.05) is 31.2 Å². The second-order valence-corrected chi connectivity index (χ2v) is 6.89. The highest BCUT2D eigenvalue weighted by Gasteiger charge is 2.33.